The molecule has 32 heavy (non-hydrogen) atoms. The summed E-state index contributed by atoms with van der Waals surface area (Å²) in [6, 6.07) is 34.7. The molecule has 0 saturated heterocycles. The Morgan fingerprint density at radius 3 is 2.00 bits per heavy atom. The molecule has 0 aliphatic carbocycles. The third-order valence-electron chi connectivity index (χ3n) is 4.45. The molecule has 3 nitrogen and oxygen atoms in total. The van der Waals surface area contributed by atoms with Gasteiger partial charge in [-0.2, -0.15) is 0 Å². The molecule has 0 bridgehead atoms. The van der Waals surface area contributed by atoms with Crippen molar-refractivity contribution in [3.63, 3.8) is 0 Å². The second kappa shape index (κ2) is 11.8. The van der Waals surface area contributed by atoms with E-state index in [4.69, 9.17) is 4.11 Å². The fraction of sp³-hybridized carbons (Fsp3) is 0.0357. The van der Waals surface area contributed by atoms with E-state index in [0.29, 0.717) is 0 Å². The first-order chi connectivity index (χ1) is 16.5. The number of benzene rings is 2. The first-order valence-electron chi connectivity index (χ1n) is 11.3. The monoisotopic (exact) mass is 595 g/mol. The van der Waals surface area contributed by atoms with E-state index in [1.54, 1.807) is 30.6 Å². The molecule has 0 saturated carbocycles. The van der Waals surface area contributed by atoms with Crippen LogP contribution in [0.25, 0.3) is 33.8 Å². The summed E-state index contributed by atoms with van der Waals surface area (Å²) in [7, 11) is 0. The summed E-state index contributed by atoms with van der Waals surface area (Å²) >= 11 is 0. The van der Waals surface area contributed by atoms with E-state index in [-0.39, 0.29) is 25.7 Å². The number of rotatable bonds is 3. The standard InChI is InChI=1S/C16H11N2.C12H10N.Ir/c1-3-10-17-15(8-1)13-6-5-7-14(12-13)16-9-2-4-11-18-16;1-10-7-8-12(13-9-10)11-5-3-2-4-6-11;/h1-6,8-12H;2-5,7-9H,1H3;/q2*-1;/i;1D3;. The van der Waals surface area contributed by atoms with E-state index in [1.165, 1.54) is 6.20 Å². The number of pyridine rings is 3. The van der Waals surface area contributed by atoms with Crippen molar-refractivity contribution in [2.45, 2.75) is 6.85 Å². The maximum absolute atomic E-state index is 7.23. The molecule has 0 unspecified atom stereocenters. The summed E-state index contributed by atoms with van der Waals surface area (Å²) in [5.74, 6) is 0. The van der Waals surface area contributed by atoms with Gasteiger partial charge in [0.25, 0.3) is 0 Å². The molecule has 0 aliphatic rings. The van der Waals surface area contributed by atoms with Gasteiger partial charge in [-0.25, -0.2) is 0 Å². The molecule has 1 radical (unpaired) electrons. The number of aryl methyl sites for hydroxylation is 1. The molecule has 0 fully saturated rings. The zero-order chi connectivity index (χ0) is 23.8. The molecule has 5 aromatic rings. The van der Waals surface area contributed by atoms with E-state index in [0.717, 1.165) is 33.8 Å². The van der Waals surface area contributed by atoms with E-state index in [2.05, 4.69) is 33.2 Å². The quantitative estimate of drug-likeness (QED) is 0.225. The zero-order valence-electron chi connectivity index (χ0n) is 20.1. The molecule has 0 aliphatic heterocycles. The van der Waals surface area contributed by atoms with Crippen LogP contribution in [0.5, 0.6) is 0 Å². The minimum absolute atomic E-state index is 0. The summed E-state index contributed by atoms with van der Waals surface area (Å²) in [5, 5.41) is 0. The number of hydrogen-bond donors (Lipinski definition) is 0. The topological polar surface area (TPSA) is 38.7 Å². The summed E-state index contributed by atoms with van der Waals surface area (Å²) in [5.41, 5.74) is 5.80. The third kappa shape index (κ3) is 6.27. The molecule has 0 amide bonds. The van der Waals surface area contributed by atoms with Gasteiger partial charge in [0.2, 0.25) is 0 Å². The summed E-state index contributed by atoms with van der Waals surface area (Å²) < 4.78 is 21.7. The minimum Gasteiger partial charge on any atom is -0.305 e. The molecule has 0 N–H and O–H groups in total. The smallest absolute Gasteiger partial charge is 0.0518 e. The first-order valence-corrected chi connectivity index (χ1v) is 9.79. The van der Waals surface area contributed by atoms with Crippen molar-refractivity contribution < 1.29 is 24.2 Å². The van der Waals surface area contributed by atoms with Gasteiger partial charge in [0, 0.05) is 42.8 Å². The Labute approximate surface area is 206 Å². The second-order valence-corrected chi connectivity index (χ2v) is 6.63. The van der Waals surface area contributed by atoms with Gasteiger partial charge >= 0.3 is 0 Å². The molecular weight excluding hydrogens is 571 g/mol. The average Bonchev–Trinajstić information content (AvgIpc) is 2.90. The van der Waals surface area contributed by atoms with Gasteiger partial charge in [-0.3, -0.25) is 4.98 Å². The van der Waals surface area contributed by atoms with Crippen molar-refractivity contribution in [3.05, 3.63) is 127 Å². The van der Waals surface area contributed by atoms with Crippen molar-refractivity contribution >= 4 is 0 Å². The van der Waals surface area contributed by atoms with Gasteiger partial charge in [-0.05, 0) is 42.0 Å². The minimum atomic E-state index is -2.09. The predicted molar refractivity (Wildman–Crippen MR) is 125 cm³/mol. The summed E-state index contributed by atoms with van der Waals surface area (Å²) in [6.45, 7) is -2.09. The molecule has 159 valence electrons. The van der Waals surface area contributed by atoms with Gasteiger partial charge in [-0.15, -0.1) is 65.7 Å². The van der Waals surface area contributed by atoms with Gasteiger partial charge in [0.15, 0.2) is 0 Å². The van der Waals surface area contributed by atoms with Gasteiger partial charge in [0.05, 0.1) is 5.69 Å². The Balaban J connectivity index is 0.000000192. The van der Waals surface area contributed by atoms with Crippen molar-refractivity contribution in [2.75, 3.05) is 0 Å². The van der Waals surface area contributed by atoms with E-state index < -0.39 is 6.85 Å². The Bertz CT molecular complexity index is 1260. The molecule has 2 aromatic carbocycles. The van der Waals surface area contributed by atoms with Crippen LogP contribution in [0.1, 0.15) is 9.68 Å². The number of nitrogens with zero attached hydrogens (tertiary/aromatic N) is 3. The van der Waals surface area contributed by atoms with Crippen LogP contribution >= 0.6 is 0 Å². The van der Waals surface area contributed by atoms with Crippen LogP contribution in [0.3, 0.4) is 0 Å². The maximum Gasteiger partial charge on any atom is 0.0518 e. The molecule has 0 spiro atoms. The van der Waals surface area contributed by atoms with Crippen LogP contribution in [0, 0.1) is 19.0 Å². The molecule has 3 aromatic heterocycles. The predicted octanol–water partition coefficient (Wildman–Crippen LogP) is 6.47. The second-order valence-electron chi connectivity index (χ2n) is 6.63. The largest absolute Gasteiger partial charge is 0.305 e. The van der Waals surface area contributed by atoms with Crippen LogP contribution < -0.4 is 0 Å². The normalized spacial score (nSPS) is 11.6. The van der Waals surface area contributed by atoms with E-state index in [1.807, 2.05) is 66.7 Å². The summed E-state index contributed by atoms with van der Waals surface area (Å²) in [6.07, 6.45) is 4.98. The Morgan fingerprint density at radius 2 is 1.38 bits per heavy atom. The van der Waals surface area contributed by atoms with Crippen molar-refractivity contribution in [2.24, 2.45) is 0 Å². The fourth-order valence-corrected chi connectivity index (χ4v) is 2.94. The zero-order valence-corrected chi connectivity index (χ0v) is 19.5. The number of aromatic nitrogens is 3. The van der Waals surface area contributed by atoms with Gasteiger partial charge < -0.3 is 9.97 Å². The van der Waals surface area contributed by atoms with E-state index >= 15 is 0 Å². The first kappa shape index (κ1) is 19.2. The molecule has 3 heterocycles. The molecule has 5 rings (SSSR count). The maximum atomic E-state index is 7.23. The summed E-state index contributed by atoms with van der Waals surface area (Å²) in [4.78, 5) is 12.8. The Hall–Kier alpha value is -3.46. The fourth-order valence-electron chi connectivity index (χ4n) is 2.94. The SMILES string of the molecule is [2H]C([2H])([2H])c1ccc(-c2[c-]cccc2)nc1.[Ir].[c-]1ccc(-c2ccccn2)cc1-c1ccccn1. The van der Waals surface area contributed by atoms with Crippen LogP contribution in [-0.2, 0) is 20.1 Å². The van der Waals surface area contributed by atoms with Gasteiger partial charge in [-0.1, -0.05) is 35.9 Å². The molecule has 4 heteroatoms. The van der Waals surface area contributed by atoms with Crippen LogP contribution in [0.15, 0.2) is 110 Å². The van der Waals surface area contributed by atoms with Crippen LogP contribution in [-0.4, -0.2) is 15.0 Å². The van der Waals surface area contributed by atoms with Crippen molar-refractivity contribution in [1.29, 1.82) is 0 Å². The van der Waals surface area contributed by atoms with E-state index in [9.17, 15) is 0 Å². The van der Waals surface area contributed by atoms with Crippen LogP contribution in [0.4, 0.5) is 0 Å². The van der Waals surface area contributed by atoms with Crippen molar-refractivity contribution in [1.82, 2.24) is 15.0 Å². The van der Waals surface area contributed by atoms with Crippen molar-refractivity contribution in [3.8, 4) is 33.8 Å². The molecular formula is C28H21IrN3-2. The third-order valence-corrected chi connectivity index (χ3v) is 4.45. The Morgan fingerprint density at radius 1 is 0.656 bits per heavy atom. The molecule has 0 atom stereocenters. The number of hydrogen-bond acceptors (Lipinski definition) is 3. The Kier molecular flexibility index (Phi) is 7.10. The average molecular weight is 595 g/mol. The van der Waals surface area contributed by atoms with Crippen LogP contribution in [0.2, 0.25) is 0 Å². The van der Waals surface area contributed by atoms with Gasteiger partial charge in [0.1, 0.15) is 0 Å².